The van der Waals surface area contributed by atoms with Crippen LogP contribution in [-0.4, -0.2) is 10.9 Å². The smallest absolute Gasteiger partial charge is 0.220 e. The lowest BCUT2D eigenvalue weighted by Crippen LogP contribution is -2.23. The van der Waals surface area contributed by atoms with Crippen molar-refractivity contribution in [3.8, 4) is 5.75 Å². The average molecular weight is 419 g/mol. The minimum Gasteiger partial charge on any atom is -0.488 e. The van der Waals surface area contributed by atoms with E-state index in [1.54, 1.807) is 0 Å². The molecule has 0 aliphatic heterocycles. The van der Waals surface area contributed by atoms with Crippen LogP contribution in [-0.2, 0) is 17.9 Å². The maximum atomic E-state index is 12.3. The Hall–Kier alpha value is -2.88. The number of nitrogens with one attached hydrogen (secondary N) is 1. The van der Waals surface area contributed by atoms with Gasteiger partial charge in [-0.2, -0.15) is 0 Å². The second kappa shape index (κ2) is 12.1. The number of aromatic nitrogens is 1. The number of rotatable bonds is 12. The molecule has 0 saturated carbocycles. The Morgan fingerprint density at radius 2 is 1.65 bits per heavy atom. The van der Waals surface area contributed by atoms with Gasteiger partial charge in [0, 0.05) is 17.4 Å². The van der Waals surface area contributed by atoms with Gasteiger partial charge >= 0.3 is 0 Å². The molecule has 0 spiro atoms. The lowest BCUT2D eigenvalue weighted by atomic mass is 10.1. The number of ether oxygens (including phenoxy) is 1. The molecule has 3 rings (SSSR count). The highest BCUT2D eigenvalue weighted by molar-refractivity contribution is 5.86. The number of para-hydroxylation sites is 1. The molecule has 0 saturated heterocycles. The van der Waals surface area contributed by atoms with Crippen LogP contribution in [0.4, 0.5) is 0 Å². The van der Waals surface area contributed by atoms with Gasteiger partial charge in [-0.05, 0) is 31.0 Å². The molecule has 1 N–H and O–H groups in total. The predicted octanol–water partition coefficient (Wildman–Crippen LogP) is 6.49. The Balaban J connectivity index is 1.64. The van der Waals surface area contributed by atoms with E-state index in [0.717, 1.165) is 46.3 Å². The number of fused-ring (bicyclic) bond motifs is 1. The fourth-order valence-electron chi connectivity index (χ4n) is 3.75. The SMILES string of the molecule is CCCCCCCCC(=O)NCc1nc2ccccc2c(OCc2ccccc2)c1C. The van der Waals surface area contributed by atoms with Gasteiger partial charge in [0.15, 0.2) is 0 Å². The summed E-state index contributed by atoms with van der Waals surface area (Å²) in [4.78, 5) is 17.1. The highest BCUT2D eigenvalue weighted by atomic mass is 16.5. The molecule has 1 amide bonds. The highest BCUT2D eigenvalue weighted by Gasteiger charge is 2.14. The monoisotopic (exact) mass is 418 g/mol. The lowest BCUT2D eigenvalue weighted by molar-refractivity contribution is -0.121. The first-order chi connectivity index (χ1) is 15.2. The summed E-state index contributed by atoms with van der Waals surface area (Å²) in [7, 11) is 0. The normalized spacial score (nSPS) is 10.9. The van der Waals surface area contributed by atoms with Crippen molar-refractivity contribution < 1.29 is 9.53 Å². The maximum Gasteiger partial charge on any atom is 0.220 e. The van der Waals surface area contributed by atoms with Crippen molar-refractivity contribution in [3.63, 3.8) is 0 Å². The second-order valence-corrected chi connectivity index (χ2v) is 8.10. The Labute approximate surface area is 186 Å². The largest absolute Gasteiger partial charge is 0.488 e. The van der Waals surface area contributed by atoms with Crippen LogP contribution in [0.5, 0.6) is 5.75 Å². The molecule has 0 bridgehead atoms. The highest BCUT2D eigenvalue weighted by Crippen LogP contribution is 2.31. The van der Waals surface area contributed by atoms with Gasteiger partial charge in [0.25, 0.3) is 0 Å². The summed E-state index contributed by atoms with van der Waals surface area (Å²) >= 11 is 0. The number of carbonyl (C=O) groups excluding carboxylic acids is 1. The van der Waals surface area contributed by atoms with Crippen molar-refractivity contribution in [1.82, 2.24) is 10.3 Å². The van der Waals surface area contributed by atoms with Gasteiger partial charge in [-0.1, -0.05) is 81.5 Å². The second-order valence-electron chi connectivity index (χ2n) is 8.10. The molecular weight excluding hydrogens is 384 g/mol. The molecule has 1 aromatic heterocycles. The molecule has 0 radical (unpaired) electrons. The summed E-state index contributed by atoms with van der Waals surface area (Å²) in [6.07, 6.45) is 7.67. The lowest BCUT2D eigenvalue weighted by Gasteiger charge is -2.16. The molecule has 4 nitrogen and oxygen atoms in total. The number of benzene rings is 2. The predicted molar refractivity (Wildman–Crippen MR) is 127 cm³/mol. The maximum absolute atomic E-state index is 12.3. The van der Waals surface area contributed by atoms with Crippen LogP contribution in [0.15, 0.2) is 54.6 Å². The summed E-state index contributed by atoms with van der Waals surface area (Å²) < 4.78 is 6.24. The molecule has 0 aliphatic rings. The molecule has 2 aromatic carbocycles. The Kier molecular flexibility index (Phi) is 8.89. The van der Waals surface area contributed by atoms with E-state index in [9.17, 15) is 4.79 Å². The van der Waals surface area contributed by atoms with Crippen molar-refractivity contribution in [3.05, 3.63) is 71.4 Å². The van der Waals surface area contributed by atoms with E-state index in [2.05, 4.69) is 24.4 Å². The first-order valence-electron chi connectivity index (χ1n) is 11.5. The van der Waals surface area contributed by atoms with Crippen molar-refractivity contribution in [2.24, 2.45) is 0 Å². The molecule has 0 aliphatic carbocycles. The van der Waals surface area contributed by atoms with Gasteiger partial charge in [0.1, 0.15) is 12.4 Å². The molecule has 4 heteroatoms. The number of hydrogen-bond donors (Lipinski definition) is 1. The first-order valence-corrected chi connectivity index (χ1v) is 11.5. The molecule has 0 atom stereocenters. The summed E-state index contributed by atoms with van der Waals surface area (Å²) in [5.41, 5.74) is 3.85. The minimum absolute atomic E-state index is 0.0941. The zero-order chi connectivity index (χ0) is 21.9. The van der Waals surface area contributed by atoms with Crippen molar-refractivity contribution in [1.29, 1.82) is 0 Å². The molecular formula is C27H34N2O2. The minimum atomic E-state index is 0.0941. The van der Waals surface area contributed by atoms with E-state index in [4.69, 9.17) is 9.72 Å². The summed E-state index contributed by atoms with van der Waals surface area (Å²) in [6, 6.07) is 18.2. The third-order valence-electron chi connectivity index (χ3n) is 5.61. The van der Waals surface area contributed by atoms with Gasteiger partial charge in [-0.3, -0.25) is 9.78 Å². The van der Waals surface area contributed by atoms with Gasteiger partial charge < -0.3 is 10.1 Å². The van der Waals surface area contributed by atoms with Crippen LogP contribution in [0.25, 0.3) is 10.9 Å². The van der Waals surface area contributed by atoms with Crippen LogP contribution < -0.4 is 10.1 Å². The standard InChI is InChI=1S/C27H34N2O2/c1-3-4-5-6-7-11-18-26(30)28-19-25-21(2)27(23-16-12-13-17-24(23)29-25)31-20-22-14-9-8-10-15-22/h8-10,12-17H,3-7,11,18-20H2,1-2H3,(H,28,30). The van der Waals surface area contributed by atoms with Crippen LogP contribution in [0.3, 0.4) is 0 Å². The van der Waals surface area contributed by atoms with E-state index >= 15 is 0 Å². The first kappa shape index (κ1) is 22.8. The fraction of sp³-hybridized carbons (Fsp3) is 0.407. The Morgan fingerprint density at radius 3 is 2.45 bits per heavy atom. The summed E-state index contributed by atoms with van der Waals surface area (Å²) in [5, 5.41) is 4.05. The average Bonchev–Trinajstić information content (AvgIpc) is 2.80. The summed E-state index contributed by atoms with van der Waals surface area (Å²) in [5.74, 6) is 0.936. The summed E-state index contributed by atoms with van der Waals surface area (Å²) in [6.45, 7) is 5.16. The third-order valence-corrected chi connectivity index (χ3v) is 5.61. The zero-order valence-electron chi connectivity index (χ0n) is 18.8. The molecule has 3 aromatic rings. The van der Waals surface area contributed by atoms with Gasteiger partial charge in [0.05, 0.1) is 17.8 Å². The molecule has 0 fully saturated rings. The Morgan fingerprint density at radius 1 is 0.935 bits per heavy atom. The van der Waals surface area contributed by atoms with Gasteiger partial charge in [0.2, 0.25) is 5.91 Å². The van der Waals surface area contributed by atoms with E-state index in [-0.39, 0.29) is 5.91 Å². The Bertz CT molecular complexity index is 970. The molecule has 31 heavy (non-hydrogen) atoms. The van der Waals surface area contributed by atoms with E-state index in [1.165, 1.54) is 25.7 Å². The van der Waals surface area contributed by atoms with Crippen molar-refractivity contribution >= 4 is 16.8 Å². The topological polar surface area (TPSA) is 51.2 Å². The fourth-order valence-corrected chi connectivity index (χ4v) is 3.75. The quantitative estimate of drug-likeness (QED) is 0.342. The van der Waals surface area contributed by atoms with E-state index in [1.807, 2.05) is 49.4 Å². The van der Waals surface area contributed by atoms with Crippen molar-refractivity contribution in [2.45, 2.75) is 71.9 Å². The molecule has 0 unspecified atom stereocenters. The van der Waals surface area contributed by atoms with Crippen LogP contribution in [0, 0.1) is 6.92 Å². The number of nitrogens with zero attached hydrogens (tertiary/aromatic N) is 1. The number of carbonyl (C=O) groups is 1. The van der Waals surface area contributed by atoms with E-state index < -0.39 is 0 Å². The zero-order valence-corrected chi connectivity index (χ0v) is 18.8. The van der Waals surface area contributed by atoms with E-state index in [0.29, 0.717) is 19.6 Å². The van der Waals surface area contributed by atoms with Gasteiger partial charge in [-0.25, -0.2) is 0 Å². The van der Waals surface area contributed by atoms with Crippen LogP contribution >= 0.6 is 0 Å². The number of unbranched alkanes of at least 4 members (excludes halogenated alkanes) is 5. The van der Waals surface area contributed by atoms with Crippen LogP contribution in [0.1, 0.15) is 68.7 Å². The number of amides is 1. The number of hydrogen-bond acceptors (Lipinski definition) is 3. The third kappa shape index (κ3) is 6.81. The van der Waals surface area contributed by atoms with Crippen LogP contribution in [0.2, 0.25) is 0 Å². The van der Waals surface area contributed by atoms with Gasteiger partial charge in [-0.15, -0.1) is 0 Å². The van der Waals surface area contributed by atoms with Crippen molar-refractivity contribution in [2.75, 3.05) is 0 Å². The number of pyridine rings is 1. The molecule has 164 valence electrons. The molecule has 1 heterocycles.